The fourth-order valence-electron chi connectivity index (χ4n) is 13.2. The Balaban J connectivity index is 1.22. The second-order valence-electron chi connectivity index (χ2n) is 15.5. The van der Waals surface area contributed by atoms with Crippen molar-refractivity contribution in [2.45, 2.75) is 89.6 Å². The largest absolute Gasteiger partial charge is 0.391 e. The van der Waals surface area contributed by atoms with Gasteiger partial charge in [0.15, 0.2) is 0 Å². The lowest BCUT2D eigenvalue weighted by Gasteiger charge is -2.63. The van der Waals surface area contributed by atoms with Gasteiger partial charge in [0.1, 0.15) is 11.4 Å². The Morgan fingerprint density at radius 2 is 1.83 bits per heavy atom. The summed E-state index contributed by atoms with van der Waals surface area (Å²) in [6.45, 7) is 6.83. The summed E-state index contributed by atoms with van der Waals surface area (Å²) in [6.07, 6.45) is 6.84. The summed E-state index contributed by atoms with van der Waals surface area (Å²) < 4.78 is 5.96. The van der Waals surface area contributed by atoms with Crippen molar-refractivity contribution in [2.75, 3.05) is 23.9 Å². The number of carbonyl (C=O) groups is 1. The molecule has 7 heteroatoms. The SMILES string of the molecule is CO[C@@H]1CC(=O)[C@H]2[C@@H]3[C@@H]4C[C@](C)([C@@]12O)[C@]3(C)[C@@]12C[C@H]4CC[C@H]1[C@H]1CSSC[C@H]([C@H](C)O)Nc3cccc(c3)C[C@@H]1C2. The van der Waals surface area contributed by atoms with Gasteiger partial charge < -0.3 is 20.3 Å². The summed E-state index contributed by atoms with van der Waals surface area (Å²) >= 11 is 0. The maximum Gasteiger partial charge on any atom is 0.141 e. The van der Waals surface area contributed by atoms with Crippen LogP contribution in [0.15, 0.2) is 24.3 Å². The van der Waals surface area contributed by atoms with Crippen molar-refractivity contribution in [1.29, 1.82) is 0 Å². The minimum atomic E-state index is -1.04. The van der Waals surface area contributed by atoms with E-state index < -0.39 is 11.7 Å². The maximum atomic E-state index is 13.7. The van der Waals surface area contributed by atoms with E-state index in [1.165, 1.54) is 31.2 Å². The van der Waals surface area contributed by atoms with Gasteiger partial charge in [0.05, 0.1) is 24.2 Å². The fraction of sp³-hybridized carbons (Fsp3) is 0.794. The van der Waals surface area contributed by atoms with Crippen LogP contribution in [0.3, 0.4) is 0 Å². The minimum absolute atomic E-state index is 0.0259. The first-order valence-corrected chi connectivity index (χ1v) is 18.6. The molecule has 6 saturated carbocycles. The number of fused-ring (bicyclic) bond motifs is 8. The molecule has 0 amide bonds. The quantitative estimate of drug-likeness (QED) is 0.370. The number of ketones is 1. The summed E-state index contributed by atoms with van der Waals surface area (Å²) in [5, 5.41) is 26.8. The molecule has 0 saturated heterocycles. The predicted molar refractivity (Wildman–Crippen MR) is 166 cm³/mol. The molecule has 0 aromatic heterocycles. The predicted octanol–water partition coefficient (Wildman–Crippen LogP) is 5.84. The Morgan fingerprint density at radius 1 is 1.05 bits per heavy atom. The lowest BCUT2D eigenvalue weighted by atomic mass is 9.41. The molecule has 1 heterocycles. The minimum Gasteiger partial charge on any atom is -0.391 e. The Hall–Kier alpha value is -0.730. The standard InChI is InChI=1S/C34H47NO4S2/c1-18(36)26-17-41-40-16-24-21(10-19-6-5-7-22(11-19)35-26)14-33-13-20(8-9-25(24)33)23-15-31(2)32(33,3)29(23)30-27(37)12-28(39-4)34(30,31)38/h5-7,11,18,20-21,23-26,28-30,35-36,38H,8-10,12-17H2,1-4H3/t18-,20+,21+,23+,24-,25-,26+,28+,29-,30-,31-,32+,33+,34+/m0/s1. The van der Waals surface area contributed by atoms with Gasteiger partial charge in [-0.15, -0.1) is 0 Å². The average Bonchev–Trinajstić information content (AvgIpc) is 3.52. The Kier molecular flexibility index (Phi) is 6.20. The van der Waals surface area contributed by atoms with Gasteiger partial charge in [-0.25, -0.2) is 0 Å². The first-order chi connectivity index (χ1) is 19.6. The van der Waals surface area contributed by atoms with Crippen LogP contribution in [-0.2, 0) is 16.0 Å². The molecule has 3 N–H and O–H groups in total. The smallest absolute Gasteiger partial charge is 0.141 e. The van der Waals surface area contributed by atoms with Crippen molar-refractivity contribution in [1.82, 2.24) is 0 Å². The molecule has 8 bridgehead atoms. The molecule has 1 spiro atoms. The van der Waals surface area contributed by atoms with E-state index in [1.807, 2.05) is 28.5 Å². The second kappa shape index (κ2) is 9.15. The second-order valence-corrected chi connectivity index (χ2v) is 18.1. The van der Waals surface area contributed by atoms with Gasteiger partial charge in [-0.3, -0.25) is 4.79 Å². The van der Waals surface area contributed by atoms with Gasteiger partial charge in [-0.2, -0.15) is 0 Å². The van der Waals surface area contributed by atoms with E-state index >= 15 is 0 Å². The lowest BCUT2D eigenvalue weighted by Crippen LogP contribution is -2.60. The molecule has 1 aliphatic heterocycles. The summed E-state index contributed by atoms with van der Waals surface area (Å²) in [5.74, 6) is 5.45. The van der Waals surface area contributed by atoms with Gasteiger partial charge >= 0.3 is 0 Å². The van der Waals surface area contributed by atoms with Crippen LogP contribution in [0, 0.1) is 57.7 Å². The lowest BCUT2D eigenvalue weighted by molar-refractivity contribution is -0.193. The summed E-state index contributed by atoms with van der Waals surface area (Å²) in [4.78, 5) is 13.7. The van der Waals surface area contributed by atoms with Crippen LogP contribution in [0.2, 0.25) is 0 Å². The van der Waals surface area contributed by atoms with Gasteiger partial charge in [-0.05, 0) is 109 Å². The summed E-state index contributed by atoms with van der Waals surface area (Å²) in [6, 6.07) is 8.96. The van der Waals surface area contributed by atoms with E-state index in [2.05, 4.69) is 43.4 Å². The van der Waals surface area contributed by atoms with Crippen LogP contribution >= 0.6 is 21.6 Å². The number of aliphatic hydroxyl groups is 2. The van der Waals surface area contributed by atoms with Gasteiger partial charge in [0, 0.05) is 36.1 Å². The molecule has 224 valence electrons. The third-order valence-electron chi connectivity index (χ3n) is 14.7. The van der Waals surface area contributed by atoms with Crippen molar-refractivity contribution in [2.24, 2.45) is 57.7 Å². The molecule has 8 rings (SSSR count). The molecule has 14 atom stereocenters. The van der Waals surface area contributed by atoms with Crippen molar-refractivity contribution in [3.8, 4) is 0 Å². The number of Topliss-reactive ketones (excluding diaryl/α,β-unsaturated/α-hetero) is 1. The molecule has 5 nitrogen and oxygen atoms in total. The molecule has 6 aliphatic carbocycles. The number of carbonyl (C=O) groups excluding carboxylic acids is 1. The maximum absolute atomic E-state index is 13.7. The molecule has 1 aromatic rings. The van der Waals surface area contributed by atoms with Crippen LogP contribution in [0.25, 0.3) is 0 Å². The van der Waals surface area contributed by atoms with E-state index in [-0.39, 0.29) is 46.0 Å². The van der Waals surface area contributed by atoms with E-state index in [9.17, 15) is 15.0 Å². The van der Waals surface area contributed by atoms with E-state index in [0.29, 0.717) is 36.0 Å². The molecule has 6 fully saturated rings. The number of benzene rings is 1. The molecule has 41 heavy (non-hydrogen) atoms. The number of anilines is 1. The Labute approximate surface area is 253 Å². The topological polar surface area (TPSA) is 78.8 Å². The first-order valence-electron chi connectivity index (χ1n) is 16.1. The Morgan fingerprint density at radius 3 is 2.61 bits per heavy atom. The van der Waals surface area contributed by atoms with Crippen molar-refractivity contribution < 1.29 is 19.7 Å². The third-order valence-corrected chi connectivity index (χ3v) is 17.2. The van der Waals surface area contributed by atoms with Crippen LogP contribution in [0.5, 0.6) is 0 Å². The average molecular weight is 598 g/mol. The van der Waals surface area contributed by atoms with Gasteiger partial charge in [0.2, 0.25) is 0 Å². The first kappa shape index (κ1) is 27.8. The number of aliphatic hydroxyl groups excluding tert-OH is 1. The summed E-state index contributed by atoms with van der Waals surface area (Å²) in [7, 11) is 5.64. The van der Waals surface area contributed by atoms with Crippen LogP contribution < -0.4 is 5.32 Å². The van der Waals surface area contributed by atoms with E-state index in [0.717, 1.165) is 30.0 Å². The highest BCUT2D eigenvalue weighted by atomic mass is 33.1. The zero-order valence-electron chi connectivity index (χ0n) is 25.0. The number of hydrogen-bond acceptors (Lipinski definition) is 7. The normalized spacial score (nSPS) is 53.9. The van der Waals surface area contributed by atoms with Crippen LogP contribution in [-0.4, -0.2) is 58.5 Å². The molecular weight excluding hydrogens is 551 g/mol. The molecular formula is C34H47NO4S2. The Bertz CT molecular complexity index is 1260. The zero-order valence-corrected chi connectivity index (χ0v) is 26.6. The molecule has 0 radical (unpaired) electrons. The molecule has 7 aliphatic rings. The van der Waals surface area contributed by atoms with Crippen LogP contribution in [0.1, 0.15) is 64.9 Å². The van der Waals surface area contributed by atoms with E-state index in [1.54, 1.807) is 7.11 Å². The molecule has 1 aromatic carbocycles. The van der Waals surface area contributed by atoms with Crippen molar-refractivity contribution >= 4 is 33.1 Å². The number of nitrogens with one attached hydrogen (secondary N) is 1. The number of rotatable bonds is 2. The molecule has 0 unspecified atom stereocenters. The third kappa shape index (κ3) is 3.26. The van der Waals surface area contributed by atoms with Gasteiger partial charge in [0.25, 0.3) is 0 Å². The van der Waals surface area contributed by atoms with Gasteiger partial charge in [-0.1, -0.05) is 47.6 Å². The highest BCUT2D eigenvalue weighted by Gasteiger charge is 2.89. The number of methoxy groups -OCH3 is 1. The monoisotopic (exact) mass is 597 g/mol. The fourth-order valence-corrected chi connectivity index (χ4v) is 16.0. The highest BCUT2D eigenvalue weighted by Crippen LogP contribution is 2.89. The highest BCUT2D eigenvalue weighted by molar-refractivity contribution is 8.76. The van der Waals surface area contributed by atoms with Crippen LogP contribution in [0.4, 0.5) is 5.69 Å². The van der Waals surface area contributed by atoms with Crippen molar-refractivity contribution in [3.63, 3.8) is 0 Å². The zero-order chi connectivity index (χ0) is 28.5. The number of ether oxygens (including phenoxy) is 1. The van der Waals surface area contributed by atoms with Crippen molar-refractivity contribution in [3.05, 3.63) is 29.8 Å². The summed E-state index contributed by atoms with van der Waals surface area (Å²) in [5.41, 5.74) is 1.26. The number of hydrogen-bond donors (Lipinski definition) is 3. The van der Waals surface area contributed by atoms with E-state index in [4.69, 9.17) is 4.74 Å².